The van der Waals surface area contributed by atoms with E-state index >= 15 is 0 Å². The average molecular weight is 277 g/mol. The Morgan fingerprint density at radius 3 is 2.71 bits per heavy atom. The van der Waals surface area contributed by atoms with Crippen molar-refractivity contribution < 1.29 is 0 Å². The lowest BCUT2D eigenvalue weighted by Crippen LogP contribution is -2.03. The van der Waals surface area contributed by atoms with Crippen LogP contribution in [0.25, 0.3) is 5.69 Å². The number of hydrogen-bond donors (Lipinski definition) is 1. The van der Waals surface area contributed by atoms with E-state index in [1.54, 1.807) is 6.20 Å². The molecule has 0 spiro atoms. The Balaban J connectivity index is 1.53. The molecule has 3 heteroatoms. The lowest BCUT2D eigenvalue weighted by molar-refractivity contribution is 0.863. The maximum Gasteiger partial charge on any atom is 0.0991 e. The minimum Gasteiger partial charge on any atom is -0.385 e. The first-order chi connectivity index (χ1) is 10.4. The summed E-state index contributed by atoms with van der Waals surface area (Å²) in [6.45, 7) is 0.974. The van der Waals surface area contributed by atoms with Crippen LogP contribution in [0, 0.1) is 0 Å². The average Bonchev–Trinajstić information content (AvgIpc) is 3.07. The summed E-state index contributed by atoms with van der Waals surface area (Å²) >= 11 is 0. The van der Waals surface area contributed by atoms with Crippen molar-refractivity contribution in [1.82, 2.24) is 9.55 Å². The fourth-order valence-corrected chi connectivity index (χ4v) is 2.36. The molecule has 1 heterocycles. The van der Waals surface area contributed by atoms with E-state index in [1.807, 2.05) is 17.1 Å². The second-order valence-corrected chi connectivity index (χ2v) is 5.04. The Morgan fingerprint density at radius 1 is 1.00 bits per heavy atom. The molecule has 3 rings (SSSR count). The van der Waals surface area contributed by atoms with E-state index in [0.29, 0.717) is 0 Å². The number of anilines is 1. The highest BCUT2D eigenvalue weighted by molar-refractivity contribution is 5.51. The van der Waals surface area contributed by atoms with Crippen LogP contribution in [0.4, 0.5) is 5.69 Å². The quantitative estimate of drug-likeness (QED) is 0.692. The van der Waals surface area contributed by atoms with E-state index in [4.69, 9.17) is 0 Å². The Morgan fingerprint density at radius 2 is 1.90 bits per heavy atom. The van der Waals surface area contributed by atoms with Gasteiger partial charge in [0, 0.05) is 30.3 Å². The van der Waals surface area contributed by atoms with Gasteiger partial charge in [-0.2, -0.15) is 0 Å². The molecule has 1 aromatic heterocycles. The summed E-state index contributed by atoms with van der Waals surface area (Å²) in [5, 5.41) is 3.48. The SMILES string of the molecule is c1ccc(CCCNc2cccc(-n3ccnc3)c2)cc1. The van der Waals surface area contributed by atoms with Crippen LogP contribution in [0.3, 0.4) is 0 Å². The standard InChI is InChI=1S/C18H19N3/c1-2-6-16(7-3-1)8-5-11-20-17-9-4-10-18(14-17)21-13-12-19-15-21/h1-4,6-7,9-10,12-15,20H,5,8,11H2. The Bertz CT molecular complexity index is 660. The molecule has 0 aliphatic heterocycles. The van der Waals surface area contributed by atoms with Gasteiger partial charge in [0.15, 0.2) is 0 Å². The molecule has 0 atom stereocenters. The molecule has 2 aromatic carbocycles. The first-order valence-electron chi connectivity index (χ1n) is 7.28. The summed E-state index contributed by atoms with van der Waals surface area (Å²) in [6.07, 6.45) is 7.79. The van der Waals surface area contributed by atoms with Crippen LogP contribution in [-0.4, -0.2) is 16.1 Å². The number of nitrogens with zero attached hydrogens (tertiary/aromatic N) is 2. The summed E-state index contributed by atoms with van der Waals surface area (Å²) in [5.74, 6) is 0. The van der Waals surface area contributed by atoms with Crippen LogP contribution < -0.4 is 5.32 Å². The second kappa shape index (κ2) is 6.75. The van der Waals surface area contributed by atoms with E-state index in [9.17, 15) is 0 Å². The predicted octanol–water partition coefficient (Wildman–Crippen LogP) is 3.92. The van der Waals surface area contributed by atoms with Gasteiger partial charge in [-0.3, -0.25) is 0 Å². The normalized spacial score (nSPS) is 10.5. The van der Waals surface area contributed by atoms with Gasteiger partial charge in [-0.25, -0.2) is 4.98 Å². The van der Waals surface area contributed by atoms with Crippen LogP contribution in [0.5, 0.6) is 0 Å². The molecule has 3 aromatic rings. The van der Waals surface area contributed by atoms with Crippen molar-refractivity contribution in [2.45, 2.75) is 12.8 Å². The van der Waals surface area contributed by atoms with Gasteiger partial charge < -0.3 is 9.88 Å². The third-order valence-electron chi connectivity index (χ3n) is 3.46. The number of nitrogens with one attached hydrogen (secondary N) is 1. The van der Waals surface area contributed by atoms with Gasteiger partial charge in [0.05, 0.1) is 6.33 Å². The zero-order valence-electron chi connectivity index (χ0n) is 11.9. The van der Waals surface area contributed by atoms with Crippen LogP contribution in [0.2, 0.25) is 0 Å². The molecular weight excluding hydrogens is 258 g/mol. The van der Waals surface area contributed by atoms with E-state index in [0.717, 1.165) is 30.8 Å². The minimum atomic E-state index is 0.974. The van der Waals surface area contributed by atoms with E-state index in [-0.39, 0.29) is 0 Å². The molecule has 1 N–H and O–H groups in total. The zero-order valence-corrected chi connectivity index (χ0v) is 11.9. The topological polar surface area (TPSA) is 29.9 Å². The van der Waals surface area contributed by atoms with E-state index < -0.39 is 0 Å². The molecule has 0 amide bonds. The lowest BCUT2D eigenvalue weighted by Gasteiger charge is -2.09. The first kappa shape index (κ1) is 13.4. The largest absolute Gasteiger partial charge is 0.385 e. The van der Waals surface area contributed by atoms with Gasteiger partial charge in [-0.1, -0.05) is 36.4 Å². The molecule has 0 fully saturated rings. The first-order valence-corrected chi connectivity index (χ1v) is 7.28. The number of benzene rings is 2. The van der Waals surface area contributed by atoms with Crippen LogP contribution in [0.1, 0.15) is 12.0 Å². The molecule has 0 unspecified atom stereocenters. The molecule has 0 saturated carbocycles. The number of hydrogen-bond acceptors (Lipinski definition) is 2. The highest BCUT2D eigenvalue weighted by Crippen LogP contribution is 2.14. The van der Waals surface area contributed by atoms with Crippen LogP contribution in [0.15, 0.2) is 73.3 Å². The maximum absolute atomic E-state index is 4.08. The maximum atomic E-state index is 4.08. The molecule has 21 heavy (non-hydrogen) atoms. The third kappa shape index (κ3) is 3.72. The third-order valence-corrected chi connectivity index (χ3v) is 3.46. The molecule has 0 saturated heterocycles. The highest BCUT2D eigenvalue weighted by Gasteiger charge is 1.98. The lowest BCUT2D eigenvalue weighted by atomic mass is 10.1. The van der Waals surface area contributed by atoms with Crippen LogP contribution in [-0.2, 0) is 6.42 Å². The summed E-state index contributed by atoms with van der Waals surface area (Å²) in [5.41, 5.74) is 3.67. The molecule has 3 nitrogen and oxygen atoms in total. The number of aryl methyl sites for hydroxylation is 1. The molecular formula is C18H19N3. The predicted molar refractivity (Wildman–Crippen MR) is 86.8 cm³/mol. The van der Waals surface area contributed by atoms with Crippen molar-refractivity contribution in [3.8, 4) is 5.69 Å². The van der Waals surface area contributed by atoms with Crippen molar-refractivity contribution in [3.05, 3.63) is 78.9 Å². The summed E-state index contributed by atoms with van der Waals surface area (Å²) in [4.78, 5) is 4.08. The van der Waals surface area contributed by atoms with Gasteiger partial charge in [-0.15, -0.1) is 0 Å². The summed E-state index contributed by atoms with van der Waals surface area (Å²) in [6, 6.07) is 19.0. The number of aromatic nitrogens is 2. The number of rotatable bonds is 6. The zero-order chi connectivity index (χ0) is 14.3. The molecule has 0 bridgehead atoms. The Labute approximate surface area is 125 Å². The molecule has 0 aliphatic carbocycles. The van der Waals surface area contributed by atoms with Crippen molar-refractivity contribution in [1.29, 1.82) is 0 Å². The number of imidazole rings is 1. The summed E-state index contributed by atoms with van der Waals surface area (Å²) < 4.78 is 2.01. The molecule has 0 radical (unpaired) electrons. The smallest absolute Gasteiger partial charge is 0.0991 e. The van der Waals surface area contributed by atoms with Gasteiger partial charge in [0.25, 0.3) is 0 Å². The highest BCUT2D eigenvalue weighted by atomic mass is 15.0. The minimum absolute atomic E-state index is 0.974. The van der Waals surface area contributed by atoms with Gasteiger partial charge in [0.2, 0.25) is 0 Å². The van der Waals surface area contributed by atoms with E-state index in [1.165, 1.54) is 5.56 Å². The second-order valence-electron chi connectivity index (χ2n) is 5.04. The van der Waals surface area contributed by atoms with Crippen molar-refractivity contribution >= 4 is 5.69 Å². The van der Waals surface area contributed by atoms with E-state index in [2.05, 4.69) is 64.9 Å². The van der Waals surface area contributed by atoms with Gasteiger partial charge in [0.1, 0.15) is 0 Å². The summed E-state index contributed by atoms with van der Waals surface area (Å²) in [7, 11) is 0. The molecule has 0 aliphatic rings. The fourth-order valence-electron chi connectivity index (χ4n) is 2.36. The van der Waals surface area contributed by atoms with Gasteiger partial charge >= 0.3 is 0 Å². The Kier molecular flexibility index (Phi) is 4.32. The Hall–Kier alpha value is -2.55. The van der Waals surface area contributed by atoms with Crippen LogP contribution >= 0.6 is 0 Å². The fraction of sp³-hybridized carbons (Fsp3) is 0.167. The van der Waals surface area contributed by atoms with Crippen molar-refractivity contribution in [2.75, 3.05) is 11.9 Å². The monoisotopic (exact) mass is 277 g/mol. The van der Waals surface area contributed by atoms with Crippen molar-refractivity contribution in [3.63, 3.8) is 0 Å². The van der Waals surface area contributed by atoms with Crippen molar-refractivity contribution in [2.24, 2.45) is 0 Å². The van der Waals surface area contributed by atoms with Gasteiger partial charge in [-0.05, 0) is 36.6 Å². The molecule has 106 valence electrons.